The number of morpholine rings is 1. The van der Waals surface area contributed by atoms with Gasteiger partial charge in [-0.25, -0.2) is 0 Å². The number of methoxy groups -OCH3 is 1. The molecule has 2 unspecified atom stereocenters. The fraction of sp³-hybridized carbons (Fsp3) is 0.333. The molecular weight excluding hydrogens is 460 g/mol. The molecule has 4 rings (SSSR count). The van der Waals surface area contributed by atoms with Crippen molar-refractivity contribution in [2.45, 2.75) is 26.1 Å². The summed E-state index contributed by atoms with van der Waals surface area (Å²) in [6.07, 6.45) is 3.19. The van der Waals surface area contributed by atoms with Gasteiger partial charge < -0.3 is 24.0 Å². The maximum atomic E-state index is 12.8. The molecule has 9 nitrogen and oxygen atoms in total. The summed E-state index contributed by atoms with van der Waals surface area (Å²) in [5.41, 5.74) is 2.50. The third-order valence-electron chi connectivity index (χ3n) is 5.89. The molecule has 9 heteroatoms. The number of carbonyl (C=O) groups is 2. The van der Waals surface area contributed by atoms with Gasteiger partial charge in [-0.15, -0.1) is 11.7 Å². The van der Waals surface area contributed by atoms with E-state index in [1.54, 1.807) is 34.1 Å². The standard InChI is InChI=1S/C27H30N4O5/c1-5-12-31-22-9-7-6-8-21(22)26(27(31)33)29-28-14-20-10-11-23(24(13-20)34-4)35-17-25(32)30-15-18(2)36-19(3)16-30/h5-11,13-14,18-19H,1,12,15-17H2,2-4H3/b28-14+,29-26+. The van der Waals surface area contributed by atoms with Crippen LogP contribution in [0.4, 0.5) is 5.69 Å². The van der Waals surface area contributed by atoms with E-state index in [-0.39, 0.29) is 36.3 Å². The number of nitrogens with zero attached hydrogens (tertiary/aromatic N) is 4. The SMILES string of the molecule is C=CCN1C(=O)/C(=N/N=C/c2ccc(OCC(=O)N3CC(C)OC(C)C3)c(OC)c2)c2ccccc21. The highest BCUT2D eigenvalue weighted by molar-refractivity contribution is 6.54. The molecule has 2 aromatic rings. The number of benzene rings is 2. The van der Waals surface area contributed by atoms with Gasteiger partial charge in [0.15, 0.2) is 23.8 Å². The van der Waals surface area contributed by atoms with E-state index in [9.17, 15) is 9.59 Å². The quantitative estimate of drug-likeness (QED) is 0.322. The first-order valence-electron chi connectivity index (χ1n) is 11.8. The summed E-state index contributed by atoms with van der Waals surface area (Å²) in [5.74, 6) is 0.585. The second kappa shape index (κ2) is 11.2. The average Bonchev–Trinajstić information content (AvgIpc) is 3.13. The maximum absolute atomic E-state index is 12.8. The van der Waals surface area contributed by atoms with E-state index in [4.69, 9.17) is 14.2 Å². The van der Waals surface area contributed by atoms with Gasteiger partial charge in [-0.1, -0.05) is 24.3 Å². The molecule has 2 atom stereocenters. The Hall–Kier alpha value is -3.98. The van der Waals surface area contributed by atoms with E-state index in [1.807, 2.05) is 38.1 Å². The van der Waals surface area contributed by atoms with E-state index in [2.05, 4.69) is 16.8 Å². The molecule has 2 aliphatic heterocycles. The summed E-state index contributed by atoms with van der Waals surface area (Å²) < 4.78 is 16.9. The summed E-state index contributed by atoms with van der Waals surface area (Å²) in [4.78, 5) is 28.8. The lowest BCUT2D eigenvalue weighted by molar-refractivity contribution is -0.145. The molecule has 0 saturated carbocycles. The van der Waals surface area contributed by atoms with Crippen molar-refractivity contribution in [1.82, 2.24) is 4.90 Å². The van der Waals surface area contributed by atoms with Crippen LogP contribution in [0.5, 0.6) is 11.5 Å². The molecule has 0 radical (unpaired) electrons. The zero-order valence-electron chi connectivity index (χ0n) is 20.7. The summed E-state index contributed by atoms with van der Waals surface area (Å²) in [6, 6.07) is 12.7. The van der Waals surface area contributed by atoms with Gasteiger partial charge >= 0.3 is 0 Å². The molecule has 0 bridgehead atoms. The number of hydrogen-bond acceptors (Lipinski definition) is 7. The third-order valence-corrected chi connectivity index (χ3v) is 5.89. The van der Waals surface area contributed by atoms with Crippen molar-refractivity contribution in [3.8, 4) is 11.5 Å². The highest BCUT2D eigenvalue weighted by Crippen LogP contribution is 2.30. The molecule has 2 aliphatic rings. The van der Waals surface area contributed by atoms with E-state index >= 15 is 0 Å². The smallest absolute Gasteiger partial charge is 0.279 e. The Balaban J connectivity index is 1.44. The van der Waals surface area contributed by atoms with Crippen molar-refractivity contribution in [3.63, 3.8) is 0 Å². The minimum Gasteiger partial charge on any atom is -0.493 e. The van der Waals surface area contributed by atoms with Crippen molar-refractivity contribution >= 4 is 29.4 Å². The minimum atomic E-state index is -0.219. The van der Waals surface area contributed by atoms with E-state index < -0.39 is 0 Å². The Labute approximate surface area is 210 Å². The van der Waals surface area contributed by atoms with Crippen LogP contribution >= 0.6 is 0 Å². The predicted octanol–water partition coefficient (Wildman–Crippen LogP) is 3.07. The van der Waals surface area contributed by atoms with E-state index in [0.717, 1.165) is 11.3 Å². The maximum Gasteiger partial charge on any atom is 0.279 e. The molecule has 0 aromatic heterocycles. The molecule has 2 aromatic carbocycles. The number of carbonyl (C=O) groups excluding carboxylic acids is 2. The Morgan fingerprint density at radius 2 is 1.92 bits per heavy atom. The van der Waals surface area contributed by atoms with Crippen molar-refractivity contribution in [3.05, 3.63) is 66.2 Å². The first-order chi connectivity index (χ1) is 17.4. The van der Waals surface area contributed by atoms with Crippen LogP contribution < -0.4 is 14.4 Å². The highest BCUT2D eigenvalue weighted by Gasteiger charge is 2.33. The number of para-hydroxylation sites is 1. The van der Waals surface area contributed by atoms with Gasteiger partial charge in [0, 0.05) is 25.2 Å². The summed E-state index contributed by atoms with van der Waals surface area (Å²) in [5, 5.41) is 8.35. The Morgan fingerprint density at radius 1 is 1.17 bits per heavy atom. The van der Waals surface area contributed by atoms with E-state index in [0.29, 0.717) is 36.7 Å². The Kier molecular flexibility index (Phi) is 7.80. The fourth-order valence-electron chi connectivity index (χ4n) is 4.32. The molecular formula is C27H30N4O5. The number of rotatable bonds is 8. The van der Waals surface area contributed by atoms with Crippen LogP contribution in [0.2, 0.25) is 0 Å². The lowest BCUT2D eigenvalue weighted by Gasteiger charge is -2.35. The fourth-order valence-corrected chi connectivity index (χ4v) is 4.32. The lowest BCUT2D eigenvalue weighted by atomic mass is 10.1. The molecule has 0 N–H and O–H groups in total. The van der Waals surface area contributed by atoms with Gasteiger partial charge in [-0.3, -0.25) is 9.59 Å². The molecule has 1 fully saturated rings. The van der Waals surface area contributed by atoms with Crippen LogP contribution in [0.25, 0.3) is 0 Å². The van der Waals surface area contributed by atoms with Gasteiger partial charge in [0.1, 0.15) is 0 Å². The van der Waals surface area contributed by atoms with Gasteiger partial charge in [-0.05, 0) is 43.7 Å². The number of hydrogen-bond donors (Lipinski definition) is 0. The molecule has 2 heterocycles. The number of fused-ring (bicyclic) bond motifs is 1. The average molecular weight is 491 g/mol. The van der Waals surface area contributed by atoms with Gasteiger partial charge in [-0.2, -0.15) is 5.10 Å². The molecule has 36 heavy (non-hydrogen) atoms. The van der Waals surface area contributed by atoms with Crippen LogP contribution in [0.15, 0.2) is 65.3 Å². The first-order valence-corrected chi connectivity index (χ1v) is 11.8. The second-order valence-electron chi connectivity index (χ2n) is 8.67. The lowest BCUT2D eigenvalue weighted by Crippen LogP contribution is -2.49. The van der Waals surface area contributed by atoms with Crippen LogP contribution in [0.3, 0.4) is 0 Å². The number of ether oxygens (including phenoxy) is 3. The van der Waals surface area contributed by atoms with Crippen LogP contribution in [0.1, 0.15) is 25.0 Å². The molecule has 188 valence electrons. The second-order valence-corrected chi connectivity index (χ2v) is 8.67. The van der Waals surface area contributed by atoms with E-state index in [1.165, 1.54) is 13.3 Å². The predicted molar refractivity (Wildman–Crippen MR) is 138 cm³/mol. The zero-order chi connectivity index (χ0) is 25.7. The summed E-state index contributed by atoms with van der Waals surface area (Å²) in [7, 11) is 1.53. The van der Waals surface area contributed by atoms with Crippen molar-refractivity contribution < 1.29 is 23.8 Å². The number of amides is 2. The Morgan fingerprint density at radius 3 is 2.64 bits per heavy atom. The van der Waals surface area contributed by atoms with Crippen molar-refractivity contribution in [2.75, 3.05) is 38.3 Å². The third kappa shape index (κ3) is 5.46. The van der Waals surface area contributed by atoms with Gasteiger partial charge in [0.2, 0.25) is 0 Å². The molecule has 1 saturated heterocycles. The normalized spacial score (nSPS) is 20.6. The monoisotopic (exact) mass is 490 g/mol. The number of anilines is 1. The highest BCUT2D eigenvalue weighted by atomic mass is 16.5. The zero-order valence-corrected chi connectivity index (χ0v) is 20.7. The summed E-state index contributed by atoms with van der Waals surface area (Å²) >= 11 is 0. The molecule has 0 aliphatic carbocycles. The van der Waals surface area contributed by atoms with Crippen LogP contribution in [0, 0.1) is 0 Å². The van der Waals surface area contributed by atoms with Crippen molar-refractivity contribution in [1.29, 1.82) is 0 Å². The van der Waals surface area contributed by atoms with Gasteiger partial charge in [0.25, 0.3) is 11.8 Å². The Bertz CT molecular complexity index is 1200. The summed E-state index contributed by atoms with van der Waals surface area (Å²) in [6.45, 7) is 9.00. The first kappa shape index (κ1) is 25.1. The van der Waals surface area contributed by atoms with Crippen LogP contribution in [-0.4, -0.2) is 74.2 Å². The van der Waals surface area contributed by atoms with Crippen LogP contribution in [-0.2, 0) is 14.3 Å². The molecule has 2 amide bonds. The topological polar surface area (TPSA) is 93.0 Å². The largest absolute Gasteiger partial charge is 0.493 e. The molecule has 0 spiro atoms. The van der Waals surface area contributed by atoms with Gasteiger partial charge in [0.05, 0.1) is 31.2 Å². The van der Waals surface area contributed by atoms with Crippen molar-refractivity contribution in [2.24, 2.45) is 10.2 Å². The minimum absolute atomic E-state index is 0.00699.